The highest BCUT2D eigenvalue weighted by atomic mass is 16.5. The minimum Gasteiger partial charge on any atom is -0.455 e. The Kier molecular flexibility index (Phi) is 5.34. The lowest BCUT2D eigenvalue weighted by molar-refractivity contribution is 0.466. The van der Waals surface area contributed by atoms with Crippen LogP contribution in [0.2, 0.25) is 0 Å². The number of ether oxygens (including phenoxy) is 1. The molecule has 1 N–H and O–H groups in total. The van der Waals surface area contributed by atoms with Crippen molar-refractivity contribution < 1.29 is 4.74 Å². The van der Waals surface area contributed by atoms with Gasteiger partial charge in [0, 0.05) is 17.8 Å². The molecule has 1 heterocycles. The summed E-state index contributed by atoms with van der Waals surface area (Å²) in [5.41, 5.74) is 3.41. The third-order valence-corrected chi connectivity index (χ3v) is 3.20. The number of aryl methyl sites for hydroxylation is 2. The van der Waals surface area contributed by atoms with E-state index >= 15 is 0 Å². The average molecular weight is 284 g/mol. The number of hydrogen-bond donors (Lipinski definition) is 1. The van der Waals surface area contributed by atoms with E-state index in [1.54, 1.807) is 6.20 Å². The number of nitrogens with one attached hydrogen (secondary N) is 1. The molecule has 3 nitrogen and oxygen atoms in total. The first-order valence-electron chi connectivity index (χ1n) is 7.45. The third-order valence-electron chi connectivity index (χ3n) is 3.20. The van der Waals surface area contributed by atoms with Crippen LogP contribution in [0.15, 0.2) is 36.5 Å². The molecule has 112 valence electrons. The van der Waals surface area contributed by atoms with Gasteiger partial charge in [0.15, 0.2) is 0 Å². The molecule has 0 fully saturated rings. The molecule has 0 aliphatic heterocycles. The molecular formula is C18H24N2O. The second-order valence-electron chi connectivity index (χ2n) is 5.87. The van der Waals surface area contributed by atoms with Crippen molar-refractivity contribution in [1.82, 2.24) is 10.3 Å². The minimum atomic E-state index is 0.639. The highest BCUT2D eigenvalue weighted by Gasteiger charge is 2.06. The topological polar surface area (TPSA) is 34.1 Å². The van der Waals surface area contributed by atoms with E-state index in [0.717, 1.165) is 30.3 Å². The fourth-order valence-electron chi connectivity index (χ4n) is 2.08. The second kappa shape index (κ2) is 7.23. The van der Waals surface area contributed by atoms with Gasteiger partial charge in [-0.1, -0.05) is 31.5 Å². The van der Waals surface area contributed by atoms with Crippen molar-refractivity contribution in [3.63, 3.8) is 0 Å². The van der Waals surface area contributed by atoms with Gasteiger partial charge in [-0.15, -0.1) is 0 Å². The van der Waals surface area contributed by atoms with Gasteiger partial charge in [0.05, 0.1) is 6.20 Å². The summed E-state index contributed by atoms with van der Waals surface area (Å²) >= 11 is 0. The molecule has 0 spiro atoms. The van der Waals surface area contributed by atoms with Crippen LogP contribution in [0.3, 0.4) is 0 Å². The Bertz CT molecular complexity index is 576. The number of hydrogen-bond acceptors (Lipinski definition) is 3. The molecule has 0 amide bonds. The van der Waals surface area contributed by atoms with Crippen molar-refractivity contribution in [1.29, 1.82) is 0 Å². The molecule has 3 heteroatoms. The van der Waals surface area contributed by atoms with Crippen LogP contribution in [0.1, 0.15) is 30.7 Å². The summed E-state index contributed by atoms with van der Waals surface area (Å²) in [7, 11) is 0. The van der Waals surface area contributed by atoms with Crippen LogP contribution < -0.4 is 10.1 Å². The van der Waals surface area contributed by atoms with E-state index in [1.807, 2.05) is 25.1 Å². The van der Waals surface area contributed by atoms with E-state index in [4.69, 9.17) is 4.74 Å². The number of nitrogens with zero attached hydrogens (tertiary/aromatic N) is 1. The molecule has 0 atom stereocenters. The van der Waals surface area contributed by atoms with Crippen molar-refractivity contribution in [2.75, 3.05) is 6.54 Å². The lowest BCUT2D eigenvalue weighted by Crippen LogP contribution is -2.19. The minimum absolute atomic E-state index is 0.639. The standard InChI is InChI=1S/C18H24N2O/c1-13(2)10-19-11-16-9-14(3)5-8-18(16)21-17-7-6-15(4)20-12-17/h5-9,12-13,19H,10-11H2,1-4H3. The normalized spacial score (nSPS) is 10.9. The van der Waals surface area contributed by atoms with Gasteiger partial charge in [-0.25, -0.2) is 0 Å². The number of pyridine rings is 1. The first kappa shape index (κ1) is 15.5. The van der Waals surface area contributed by atoms with E-state index in [9.17, 15) is 0 Å². The van der Waals surface area contributed by atoms with Crippen LogP contribution in [0.4, 0.5) is 0 Å². The summed E-state index contributed by atoms with van der Waals surface area (Å²) in [4.78, 5) is 4.27. The predicted molar refractivity (Wildman–Crippen MR) is 86.8 cm³/mol. The predicted octanol–water partition coefficient (Wildman–Crippen LogP) is 4.24. The second-order valence-corrected chi connectivity index (χ2v) is 5.87. The molecule has 0 unspecified atom stereocenters. The SMILES string of the molecule is Cc1ccc(Oc2ccc(C)nc2)c(CNCC(C)C)c1. The van der Waals surface area contributed by atoms with Crippen LogP contribution in [-0.2, 0) is 6.54 Å². The number of aromatic nitrogens is 1. The molecule has 1 aromatic carbocycles. The van der Waals surface area contributed by atoms with Gasteiger partial charge >= 0.3 is 0 Å². The summed E-state index contributed by atoms with van der Waals surface area (Å²) in [5, 5.41) is 3.47. The van der Waals surface area contributed by atoms with Crippen LogP contribution >= 0.6 is 0 Å². The van der Waals surface area contributed by atoms with Crippen molar-refractivity contribution in [2.45, 2.75) is 34.2 Å². The lowest BCUT2D eigenvalue weighted by Gasteiger charge is -2.13. The summed E-state index contributed by atoms with van der Waals surface area (Å²) in [6, 6.07) is 10.2. The molecule has 0 saturated carbocycles. The van der Waals surface area contributed by atoms with Crippen molar-refractivity contribution in [3.05, 3.63) is 53.3 Å². The van der Waals surface area contributed by atoms with Gasteiger partial charge in [-0.2, -0.15) is 0 Å². The molecular weight excluding hydrogens is 260 g/mol. The Balaban J connectivity index is 2.12. The van der Waals surface area contributed by atoms with Crippen LogP contribution in [0.25, 0.3) is 0 Å². The maximum absolute atomic E-state index is 5.97. The highest BCUT2D eigenvalue weighted by molar-refractivity contribution is 5.39. The fraction of sp³-hybridized carbons (Fsp3) is 0.389. The lowest BCUT2D eigenvalue weighted by atomic mass is 10.1. The Morgan fingerprint density at radius 2 is 1.95 bits per heavy atom. The largest absolute Gasteiger partial charge is 0.455 e. The summed E-state index contributed by atoms with van der Waals surface area (Å²) in [5.74, 6) is 2.30. The van der Waals surface area contributed by atoms with Gasteiger partial charge in [0.2, 0.25) is 0 Å². The first-order chi connectivity index (χ1) is 10.0. The molecule has 1 aromatic heterocycles. The quantitative estimate of drug-likeness (QED) is 0.861. The maximum atomic E-state index is 5.97. The summed E-state index contributed by atoms with van der Waals surface area (Å²) in [6.07, 6.45) is 1.76. The Morgan fingerprint density at radius 1 is 1.14 bits per heavy atom. The zero-order chi connectivity index (χ0) is 15.2. The van der Waals surface area contributed by atoms with E-state index in [2.05, 4.69) is 43.2 Å². The van der Waals surface area contributed by atoms with Gasteiger partial charge in [0.1, 0.15) is 11.5 Å². The summed E-state index contributed by atoms with van der Waals surface area (Å²) in [6.45, 7) is 10.3. The average Bonchev–Trinajstić information content (AvgIpc) is 2.43. The molecule has 0 saturated heterocycles. The van der Waals surface area contributed by atoms with Crippen molar-refractivity contribution in [2.24, 2.45) is 5.92 Å². The smallest absolute Gasteiger partial charge is 0.145 e. The summed E-state index contributed by atoms with van der Waals surface area (Å²) < 4.78 is 5.97. The Labute approximate surface area is 127 Å². The van der Waals surface area contributed by atoms with Gasteiger partial charge < -0.3 is 10.1 Å². The molecule has 21 heavy (non-hydrogen) atoms. The van der Waals surface area contributed by atoms with Crippen molar-refractivity contribution in [3.8, 4) is 11.5 Å². The van der Waals surface area contributed by atoms with Crippen LogP contribution in [0, 0.1) is 19.8 Å². The van der Waals surface area contributed by atoms with Crippen molar-refractivity contribution >= 4 is 0 Å². The zero-order valence-electron chi connectivity index (χ0n) is 13.3. The fourth-order valence-corrected chi connectivity index (χ4v) is 2.08. The Hall–Kier alpha value is -1.87. The van der Waals surface area contributed by atoms with Gasteiger partial charge in [0.25, 0.3) is 0 Å². The van der Waals surface area contributed by atoms with Crippen LogP contribution in [-0.4, -0.2) is 11.5 Å². The number of rotatable bonds is 6. The monoisotopic (exact) mass is 284 g/mol. The third kappa shape index (κ3) is 4.87. The molecule has 0 aliphatic carbocycles. The first-order valence-corrected chi connectivity index (χ1v) is 7.45. The highest BCUT2D eigenvalue weighted by Crippen LogP contribution is 2.26. The zero-order valence-corrected chi connectivity index (χ0v) is 13.3. The van der Waals surface area contributed by atoms with Gasteiger partial charge in [-0.3, -0.25) is 4.98 Å². The molecule has 0 aliphatic rings. The molecule has 0 bridgehead atoms. The van der Waals surface area contributed by atoms with E-state index < -0.39 is 0 Å². The van der Waals surface area contributed by atoms with Gasteiger partial charge in [-0.05, 0) is 44.5 Å². The Morgan fingerprint density at radius 3 is 2.62 bits per heavy atom. The maximum Gasteiger partial charge on any atom is 0.145 e. The molecule has 2 rings (SSSR count). The van der Waals surface area contributed by atoms with E-state index in [1.165, 1.54) is 11.1 Å². The number of benzene rings is 1. The van der Waals surface area contributed by atoms with E-state index in [0.29, 0.717) is 5.92 Å². The van der Waals surface area contributed by atoms with Crippen LogP contribution in [0.5, 0.6) is 11.5 Å². The molecule has 2 aromatic rings. The van der Waals surface area contributed by atoms with E-state index in [-0.39, 0.29) is 0 Å². The molecule has 0 radical (unpaired) electrons.